The van der Waals surface area contributed by atoms with Crippen LogP contribution < -0.4 is 0 Å². The average Bonchev–Trinajstić information content (AvgIpc) is 2.89. The van der Waals surface area contributed by atoms with Gasteiger partial charge < -0.3 is 14.0 Å². The number of carbonyl (C=O) groups is 2. The Labute approximate surface area is 158 Å². The van der Waals surface area contributed by atoms with Gasteiger partial charge in [-0.05, 0) is 38.5 Å². The quantitative estimate of drug-likeness (QED) is 0.516. The second-order valence-electron chi connectivity index (χ2n) is 6.31. The number of aromatic nitrogens is 1. The maximum atomic E-state index is 12.5. The van der Waals surface area contributed by atoms with Crippen LogP contribution in [-0.4, -0.2) is 36.6 Å². The van der Waals surface area contributed by atoms with E-state index in [1.807, 2.05) is 26.8 Å². The molecule has 6 heteroatoms. The van der Waals surface area contributed by atoms with Crippen LogP contribution in [0.4, 0.5) is 0 Å². The molecule has 0 spiro atoms. The Morgan fingerprint density at radius 1 is 1.23 bits per heavy atom. The van der Waals surface area contributed by atoms with Crippen molar-refractivity contribution in [2.75, 3.05) is 20.3 Å². The van der Waals surface area contributed by atoms with Crippen LogP contribution in [0.3, 0.4) is 0 Å². The highest BCUT2D eigenvalue weighted by molar-refractivity contribution is 6.31. The Kier molecular flexibility index (Phi) is 7.00. The van der Waals surface area contributed by atoms with Gasteiger partial charge in [-0.1, -0.05) is 29.8 Å². The molecular formula is C20H24ClNO4. The summed E-state index contributed by atoms with van der Waals surface area (Å²) in [4.78, 5) is 24.5. The maximum Gasteiger partial charge on any atom is 0.310 e. The van der Waals surface area contributed by atoms with Gasteiger partial charge in [-0.3, -0.25) is 9.59 Å². The van der Waals surface area contributed by atoms with E-state index in [0.717, 1.165) is 11.4 Å². The van der Waals surface area contributed by atoms with Gasteiger partial charge in [0.05, 0.1) is 19.1 Å². The number of Topliss-reactive ketones (excluding diaryl/α,β-unsaturated/α-hetero) is 1. The largest absolute Gasteiger partial charge is 0.457 e. The summed E-state index contributed by atoms with van der Waals surface area (Å²) in [6.07, 6.45) is 0.0385. The third-order valence-electron chi connectivity index (χ3n) is 4.29. The lowest BCUT2D eigenvalue weighted by atomic mass is 10.1. The fourth-order valence-corrected chi connectivity index (χ4v) is 3.33. The first-order valence-electron chi connectivity index (χ1n) is 8.44. The van der Waals surface area contributed by atoms with Crippen LogP contribution in [0.25, 0.3) is 0 Å². The second kappa shape index (κ2) is 9.01. The van der Waals surface area contributed by atoms with Gasteiger partial charge in [0.1, 0.15) is 0 Å². The van der Waals surface area contributed by atoms with Crippen molar-refractivity contribution < 1.29 is 19.1 Å². The number of benzene rings is 1. The first kappa shape index (κ1) is 20.2. The van der Waals surface area contributed by atoms with Crippen LogP contribution in [-0.2, 0) is 20.7 Å². The molecule has 0 aliphatic heterocycles. The van der Waals surface area contributed by atoms with E-state index in [4.69, 9.17) is 21.1 Å². The molecule has 1 heterocycles. The molecule has 1 aromatic carbocycles. The number of nitrogens with zero attached hydrogens (tertiary/aromatic N) is 1. The zero-order valence-corrected chi connectivity index (χ0v) is 16.3. The summed E-state index contributed by atoms with van der Waals surface area (Å²) < 4.78 is 12.4. The molecule has 0 aliphatic carbocycles. The van der Waals surface area contributed by atoms with Crippen molar-refractivity contribution in [2.45, 2.75) is 33.2 Å². The molecule has 1 aromatic heterocycles. The van der Waals surface area contributed by atoms with E-state index in [0.29, 0.717) is 22.8 Å². The molecule has 1 unspecified atom stereocenters. The fourth-order valence-electron chi connectivity index (χ4n) is 3.13. The van der Waals surface area contributed by atoms with Crippen molar-refractivity contribution in [1.82, 2.24) is 4.57 Å². The SMILES string of the molecule is COCC(C)n1c(C)cc(C(=O)COC(=O)Cc2ccccc2Cl)c1C. The molecule has 140 valence electrons. The molecule has 0 amide bonds. The molecule has 0 aliphatic rings. The van der Waals surface area contributed by atoms with E-state index in [1.165, 1.54) is 0 Å². The summed E-state index contributed by atoms with van der Waals surface area (Å²) in [5, 5.41) is 0.506. The normalized spacial score (nSPS) is 12.0. The number of aryl methyl sites for hydroxylation is 1. The van der Waals surface area contributed by atoms with Crippen molar-refractivity contribution in [1.29, 1.82) is 0 Å². The molecule has 0 saturated heterocycles. The Hall–Kier alpha value is -2.11. The smallest absolute Gasteiger partial charge is 0.310 e. The van der Waals surface area contributed by atoms with E-state index in [-0.39, 0.29) is 24.9 Å². The second-order valence-corrected chi connectivity index (χ2v) is 6.72. The molecule has 2 aromatic rings. The Balaban J connectivity index is 2.01. The summed E-state index contributed by atoms with van der Waals surface area (Å²) in [7, 11) is 1.65. The lowest BCUT2D eigenvalue weighted by molar-refractivity contribution is -0.141. The van der Waals surface area contributed by atoms with Gasteiger partial charge in [0.2, 0.25) is 5.78 Å². The van der Waals surface area contributed by atoms with E-state index in [1.54, 1.807) is 31.4 Å². The third kappa shape index (κ3) is 4.74. The minimum Gasteiger partial charge on any atom is -0.457 e. The summed E-state index contributed by atoms with van der Waals surface area (Å²) in [6, 6.07) is 9.01. The van der Waals surface area contributed by atoms with E-state index >= 15 is 0 Å². The number of ketones is 1. The highest BCUT2D eigenvalue weighted by atomic mass is 35.5. The van der Waals surface area contributed by atoms with Gasteiger partial charge in [-0.25, -0.2) is 0 Å². The Bertz CT molecular complexity index is 797. The van der Waals surface area contributed by atoms with Gasteiger partial charge in [-0.2, -0.15) is 0 Å². The minimum atomic E-state index is -0.479. The van der Waals surface area contributed by atoms with Crippen LogP contribution in [0.15, 0.2) is 30.3 Å². The number of halogens is 1. The number of methoxy groups -OCH3 is 1. The van der Waals surface area contributed by atoms with Gasteiger partial charge in [0, 0.05) is 29.1 Å². The first-order chi connectivity index (χ1) is 12.3. The lowest BCUT2D eigenvalue weighted by Crippen LogP contribution is -2.17. The summed E-state index contributed by atoms with van der Waals surface area (Å²) in [6.45, 7) is 6.13. The summed E-state index contributed by atoms with van der Waals surface area (Å²) in [5.74, 6) is -0.700. The third-order valence-corrected chi connectivity index (χ3v) is 4.66. The maximum absolute atomic E-state index is 12.5. The van der Waals surface area contributed by atoms with Crippen LogP contribution in [0.5, 0.6) is 0 Å². The molecule has 1 atom stereocenters. The van der Waals surface area contributed by atoms with Crippen molar-refractivity contribution in [3.63, 3.8) is 0 Å². The highest BCUT2D eigenvalue weighted by Crippen LogP contribution is 2.21. The number of rotatable bonds is 8. The molecule has 0 bridgehead atoms. The average molecular weight is 378 g/mol. The number of esters is 1. The molecule has 5 nitrogen and oxygen atoms in total. The van der Waals surface area contributed by atoms with Gasteiger partial charge in [0.15, 0.2) is 6.61 Å². The predicted molar refractivity (Wildman–Crippen MR) is 101 cm³/mol. The van der Waals surface area contributed by atoms with Gasteiger partial charge in [0.25, 0.3) is 0 Å². The number of ether oxygens (including phenoxy) is 2. The zero-order chi connectivity index (χ0) is 19.3. The van der Waals surface area contributed by atoms with Crippen LogP contribution in [0.1, 0.15) is 40.3 Å². The van der Waals surface area contributed by atoms with Crippen molar-refractivity contribution in [3.8, 4) is 0 Å². The fraction of sp³-hybridized carbons (Fsp3) is 0.400. The number of carbonyl (C=O) groups excluding carboxylic acids is 2. The molecule has 0 saturated carbocycles. The number of hydrogen-bond acceptors (Lipinski definition) is 4. The van der Waals surface area contributed by atoms with Crippen LogP contribution in [0, 0.1) is 13.8 Å². The molecular weight excluding hydrogens is 354 g/mol. The van der Waals surface area contributed by atoms with E-state index < -0.39 is 5.97 Å². The van der Waals surface area contributed by atoms with Crippen molar-refractivity contribution in [3.05, 3.63) is 57.9 Å². The zero-order valence-electron chi connectivity index (χ0n) is 15.5. The molecule has 2 rings (SSSR count). The molecule has 0 N–H and O–H groups in total. The highest BCUT2D eigenvalue weighted by Gasteiger charge is 2.20. The standard InChI is InChI=1S/C20H24ClNO4/c1-13-9-17(15(3)22(13)14(2)11-25-4)19(23)12-26-20(24)10-16-7-5-6-8-18(16)21/h5-9,14H,10-12H2,1-4H3. The topological polar surface area (TPSA) is 57.5 Å². The van der Waals surface area contributed by atoms with E-state index in [2.05, 4.69) is 4.57 Å². The molecule has 0 radical (unpaired) electrons. The van der Waals surface area contributed by atoms with E-state index in [9.17, 15) is 9.59 Å². The predicted octanol–water partition coefficient (Wildman–Crippen LogP) is 3.93. The minimum absolute atomic E-state index is 0.0385. The number of hydrogen-bond donors (Lipinski definition) is 0. The Morgan fingerprint density at radius 3 is 2.58 bits per heavy atom. The molecule has 0 fully saturated rings. The van der Waals surface area contributed by atoms with Crippen LogP contribution >= 0.6 is 11.6 Å². The van der Waals surface area contributed by atoms with Crippen molar-refractivity contribution in [2.24, 2.45) is 0 Å². The van der Waals surface area contributed by atoms with Gasteiger partial charge in [-0.15, -0.1) is 0 Å². The summed E-state index contributed by atoms with van der Waals surface area (Å²) in [5.41, 5.74) is 3.06. The van der Waals surface area contributed by atoms with Crippen LogP contribution in [0.2, 0.25) is 5.02 Å². The lowest BCUT2D eigenvalue weighted by Gasteiger charge is -2.17. The van der Waals surface area contributed by atoms with Crippen molar-refractivity contribution >= 4 is 23.4 Å². The van der Waals surface area contributed by atoms with Gasteiger partial charge >= 0.3 is 5.97 Å². The Morgan fingerprint density at radius 2 is 1.92 bits per heavy atom. The monoisotopic (exact) mass is 377 g/mol. The molecule has 26 heavy (non-hydrogen) atoms. The summed E-state index contributed by atoms with van der Waals surface area (Å²) >= 11 is 6.04. The first-order valence-corrected chi connectivity index (χ1v) is 8.82.